The Morgan fingerprint density at radius 3 is 2.40 bits per heavy atom. The van der Waals surface area contributed by atoms with Crippen LogP contribution in [0.4, 0.5) is 4.79 Å². The van der Waals surface area contributed by atoms with Gasteiger partial charge < -0.3 is 9.64 Å². The SMILES string of the molecule is O=C(Oc1ccccc1)N1CCCC(n2nc(Cc3ccc(Cl)cc3)c3ccccc3c2=O)CC1. The zero-order valence-electron chi connectivity index (χ0n) is 19.3. The van der Waals surface area contributed by atoms with E-state index in [9.17, 15) is 9.59 Å². The molecular formula is C28H26ClN3O3. The monoisotopic (exact) mass is 487 g/mol. The summed E-state index contributed by atoms with van der Waals surface area (Å²) in [4.78, 5) is 27.8. The molecule has 35 heavy (non-hydrogen) atoms. The zero-order chi connectivity index (χ0) is 24.2. The number of hydrogen-bond donors (Lipinski definition) is 0. The molecule has 5 rings (SSSR count). The van der Waals surface area contributed by atoms with Crippen molar-refractivity contribution in [3.05, 3.63) is 105 Å². The smallest absolute Gasteiger partial charge is 0.410 e. The van der Waals surface area contributed by atoms with Gasteiger partial charge in [0.1, 0.15) is 5.75 Å². The zero-order valence-corrected chi connectivity index (χ0v) is 20.0. The number of halogens is 1. The molecule has 0 aliphatic carbocycles. The fourth-order valence-corrected chi connectivity index (χ4v) is 4.73. The Balaban J connectivity index is 1.40. The molecule has 1 aromatic heterocycles. The van der Waals surface area contributed by atoms with Crippen LogP contribution in [0, 0.1) is 0 Å². The van der Waals surface area contributed by atoms with Crippen molar-refractivity contribution < 1.29 is 9.53 Å². The van der Waals surface area contributed by atoms with E-state index >= 15 is 0 Å². The first-order valence-corrected chi connectivity index (χ1v) is 12.2. The Bertz CT molecular complexity index is 1390. The second-order valence-corrected chi connectivity index (χ2v) is 9.23. The molecule has 0 N–H and O–H groups in total. The molecule has 1 aliphatic rings. The molecule has 1 atom stereocenters. The van der Waals surface area contributed by atoms with Gasteiger partial charge in [0.15, 0.2) is 0 Å². The number of carbonyl (C=O) groups excluding carboxylic acids is 1. The lowest BCUT2D eigenvalue weighted by Gasteiger charge is -2.21. The minimum Gasteiger partial charge on any atom is -0.410 e. The molecule has 1 aliphatic heterocycles. The largest absolute Gasteiger partial charge is 0.415 e. The highest BCUT2D eigenvalue weighted by Gasteiger charge is 2.25. The van der Waals surface area contributed by atoms with Gasteiger partial charge in [-0.3, -0.25) is 4.79 Å². The van der Waals surface area contributed by atoms with Gasteiger partial charge in [-0.1, -0.05) is 60.1 Å². The number of hydrogen-bond acceptors (Lipinski definition) is 4. The average molecular weight is 488 g/mol. The Kier molecular flexibility index (Phi) is 6.82. The van der Waals surface area contributed by atoms with E-state index < -0.39 is 0 Å². The van der Waals surface area contributed by atoms with Gasteiger partial charge in [0.2, 0.25) is 0 Å². The van der Waals surface area contributed by atoms with Crippen LogP contribution in [0.5, 0.6) is 5.75 Å². The third-order valence-corrected chi connectivity index (χ3v) is 6.69. The Labute approximate surface area is 208 Å². The number of likely N-dealkylation sites (tertiary alicyclic amines) is 1. The maximum Gasteiger partial charge on any atom is 0.415 e. The average Bonchev–Trinajstić information content (AvgIpc) is 3.14. The van der Waals surface area contributed by atoms with Gasteiger partial charge in [0.05, 0.1) is 17.1 Å². The summed E-state index contributed by atoms with van der Waals surface area (Å²) in [6, 6.07) is 24.3. The highest BCUT2D eigenvalue weighted by molar-refractivity contribution is 6.30. The number of aromatic nitrogens is 2. The molecule has 1 amide bonds. The van der Waals surface area contributed by atoms with Crippen molar-refractivity contribution in [2.24, 2.45) is 0 Å². The van der Waals surface area contributed by atoms with Crippen LogP contribution in [-0.2, 0) is 6.42 Å². The van der Waals surface area contributed by atoms with E-state index in [1.54, 1.807) is 21.7 Å². The molecule has 4 aromatic rings. The van der Waals surface area contributed by atoms with Gasteiger partial charge in [0, 0.05) is 29.9 Å². The number of amides is 1. The van der Waals surface area contributed by atoms with Crippen LogP contribution in [-0.4, -0.2) is 33.9 Å². The van der Waals surface area contributed by atoms with Gasteiger partial charge >= 0.3 is 6.09 Å². The van der Waals surface area contributed by atoms with Crippen LogP contribution in [0.3, 0.4) is 0 Å². The Morgan fingerprint density at radius 1 is 0.914 bits per heavy atom. The molecule has 3 aromatic carbocycles. The molecule has 0 saturated carbocycles. The van der Waals surface area contributed by atoms with Crippen molar-refractivity contribution >= 4 is 28.5 Å². The van der Waals surface area contributed by atoms with E-state index in [4.69, 9.17) is 21.4 Å². The lowest BCUT2D eigenvalue weighted by molar-refractivity contribution is 0.153. The summed E-state index contributed by atoms with van der Waals surface area (Å²) in [7, 11) is 0. The lowest BCUT2D eigenvalue weighted by atomic mass is 10.0. The quantitative estimate of drug-likeness (QED) is 0.361. The maximum atomic E-state index is 13.4. The number of nitrogens with zero attached hydrogens (tertiary/aromatic N) is 3. The number of benzene rings is 3. The van der Waals surface area contributed by atoms with Gasteiger partial charge in [-0.05, 0) is 55.2 Å². The van der Waals surface area contributed by atoms with Crippen LogP contribution in [0.2, 0.25) is 5.02 Å². The number of para-hydroxylation sites is 1. The highest BCUT2D eigenvalue weighted by Crippen LogP contribution is 2.25. The first-order chi connectivity index (χ1) is 17.1. The second-order valence-electron chi connectivity index (χ2n) is 8.80. The van der Waals surface area contributed by atoms with Crippen molar-refractivity contribution in [1.29, 1.82) is 0 Å². The third-order valence-electron chi connectivity index (χ3n) is 6.44. The van der Waals surface area contributed by atoms with Gasteiger partial charge in [0.25, 0.3) is 5.56 Å². The molecule has 2 heterocycles. The van der Waals surface area contributed by atoms with Crippen molar-refractivity contribution in [3.63, 3.8) is 0 Å². The molecule has 1 saturated heterocycles. The summed E-state index contributed by atoms with van der Waals surface area (Å²) in [6.07, 6.45) is 2.40. The van der Waals surface area contributed by atoms with E-state index in [2.05, 4.69) is 0 Å². The molecule has 1 unspecified atom stereocenters. The third kappa shape index (κ3) is 5.23. The number of carbonyl (C=O) groups is 1. The summed E-state index contributed by atoms with van der Waals surface area (Å²) in [5.74, 6) is 0.526. The molecular weight excluding hydrogens is 462 g/mol. The van der Waals surface area contributed by atoms with Crippen LogP contribution in [0.25, 0.3) is 10.8 Å². The van der Waals surface area contributed by atoms with Crippen molar-refractivity contribution in [2.75, 3.05) is 13.1 Å². The summed E-state index contributed by atoms with van der Waals surface area (Å²) in [6.45, 7) is 1.09. The minimum atomic E-state index is -0.362. The summed E-state index contributed by atoms with van der Waals surface area (Å²) in [5.41, 5.74) is 1.84. The molecule has 0 spiro atoms. The Hall–Kier alpha value is -3.64. The number of rotatable bonds is 4. The van der Waals surface area contributed by atoms with Crippen LogP contribution >= 0.6 is 11.6 Å². The van der Waals surface area contributed by atoms with Crippen molar-refractivity contribution in [2.45, 2.75) is 31.7 Å². The second kappa shape index (κ2) is 10.3. The van der Waals surface area contributed by atoms with E-state index in [1.807, 2.05) is 66.7 Å². The fraction of sp³-hybridized carbons (Fsp3) is 0.250. The molecule has 1 fully saturated rings. The fourth-order valence-electron chi connectivity index (χ4n) is 4.61. The molecule has 7 heteroatoms. The molecule has 6 nitrogen and oxygen atoms in total. The standard InChI is InChI=1S/C28H26ClN3O3/c29-21-14-12-20(13-15-21)19-26-24-10-4-5-11-25(24)27(33)32(30-26)22-7-6-17-31(18-16-22)28(34)35-23-8-2-1-3-9-23/h1-5,8-15,22H,6-7,16-19H2. The van der Waals surface area contributed by atoms with Gasteiger partial charge in [-0.25, -0.2) is 9.48 Å². The van der Waals surface area contributed by atoms with Gasteiger partial charge in [-0.15, -0.1) is 0 Å². The van der Waals surface area contributed by atoms with Crippen molar-refractivity contribution in [3.8, 4) is 5.75 Å². The highest BCUT2D eigenvalue weighted by atomic mass is 35.5. The van der Waals surface area contributed by atoms with Crippen LogP contribution in [0.15, 0.2) is 83.7 Å². The summed E-state index contributed by atoms with van der Waals surface area (Å²) >= 11 is 6.05. The first kappa shape index (κ1) is 23.1. The normalized spacial score (nSPS) is 16.1. The topological polar surface area (TPSA) is 64.4 Å². The van der Waals surface area contributed by atoms with E-state index in [0.29, 0.717) is 42.1 Å². The maximum absolute atomic E-state index is 13.4. The van der Waals surface area contributed by atoms with Gasteiger partial charge in [-0.2, -0.15) is 5.10 Å². The van der Waals surface area contributed by atoms with E-state index in [0.717, 1.165) is 29.5 Å². The summed E-state index contributed by atoms with van der Waals surface area (Å²) in [5, 5.41) is 7.07. The first-order valence-electron chi connectivity index (χ1n) is 11.8. The van der Waals surface area contributed by atoms with E-state index in [-0.39, 0.29) is 17.7 Å². The lowest BCUT2D eigenvalue weighted by Crippen LogP contribution is -2.35. The van der Waals surface area contributed by atoms with E-state index in [1.165, 1.54) is 0 Å². The molecule has 0 radical (unpaired) electrons. The number of fused-ring (bicyclic) bond motifs is 1. The van der Waals surface area contributed by atoms with Crippen LogP contribution in [0.1, 0.15) is 36.6 Å². The predicted octanol–water partition coefficient (Wildman–Crippen LogP) is 5.87. The van der Waals surface area contributed by atoms with Crippen LogP contribution < -0.4 is 10.3 Å². The predicted molar refractivity (Wildman–Crippen MR) is 137 cm³/mol. The Morgan fingerprint density at radius 2 is 1.63 bits per heavy atom. The minimum absolute atomic E-state index is 0.0919. The van der Waals surface area contributed by atoms with Crippen molar-refractivity contribution in [1.82, 2.24) is 14.7 Å². The number of ether oxygens (including phenoxy) is 1. The summed E-state index contributed by atoms with van der Waals surface area (Å²) < 4.78 is 7.16. The molecule has 178 valence electrons. The molecule has 0 bridgehead atoms.